The van der Waals surface area contributed by atoms with Crippen LogP contribution in [0.2, 0.25) is 0 Å². The Morgan fingerprint density at radius 1 is 0.529 bits per heavy atom. The third-order valence-electron chi connectivity index (χ3n) is 3.35. The van der Waals surface area contributed by atoms with Crippen LogP contribution in [0.15, 0.2) is 0 Å². The third-order valence-corrected chi connectivity index (χ3v) is 3.35. The van der Waals surface area contributed by atoms with E-state index in [4.69, 9.17) is 0 Å². The molecule has 1 heteroatoms. The van der Waals surface area contributed by atoms with Crippen LogP contribution in [0.25, 0.3) is 0 Å². The van der Waals surface area contributed by atoms with E-state index in [9.17, 15) is 0 Å². The van der Waals surface area contributed by atoms with Gasteiger partial charge in [0, 0.05) is 0 Å². The first-order valence-electron chi connectivity index (χ1n) is 7.71. The molecule has 0 aromatic rings. The molecule has 0 nitrogen and oxygen atoms in total. The van der Waals surface area contributed by atoms with Gasteiger partial charge in [0.2, 0.25) is 0 Å². The molecule has 0 aliphatic carbocycles. The monoisotopic (exact) mass is 358 g/mol. The van der Waals surface area contributed by atoms with Crippen LogP contribution >= 0.6 is 0 Å². The Hall–Kier alpha value is 2.05. The summed E-state index contributed by atoms with van der Waals surface area (Å²) in [6, 6.07) is 0. The van der Waals surface area contributed by atoms with Gasteiger partial charge in [0.15, 0.2) is 0 Å². The van der Waals surface area contributed by atoms with Gasteiger partial charge in [0.1, 0.15) is 0 Å². The maximum Gasteiger partial charge on any atom is 1.00 e. The average Bonchev–Trinajstić information content (AvgIpc) is 2.31. The van der Waals surface area contributed by atoms with Gasteiger partial charge in [-0.05, 0) is 0 Å². The van der Waals surface area contributed by atoms with Crippen LogP contribution in [-0.2, 0) is 0 Å². The number of hydrogen-bond donors (Lipinski definition) is 0. The molecule has 0 amide bonds. The van der Waals surface area contributed by atoms with Crippen molar-refractivity contribution >= 4 is 0 Å². The van der Waals surface area contributed by atoms with Crippen molar-refractivity contribution in [2.45, 2.75) is 96.8 Å². The van der Waals surface area contributed by atoms with Crippen molar-refractivity contribution in [1.82, 2.24) is 0 Å². The minimum Gasteiger partial charge on any atom is -0.343 e. The maximum atomic E-state index is 3.87. The standard InChI is InChI=1S/C16H33.Cs/c1-3-5-7-9-11-13-15-16-14-12-10-8-6-4-2;/h1,3-16H2,2H3;/q-1;+1. The van der Waals surface area contributed by atoms with Crippen molar-refractivity contribution in [3.63, 3.8) is 0 Å². The minimum absolute atomic E-state index is 0. The number of rotatable bonds is 13. The molecule has 0 saturated carbocycles. The predicted molar refractivity (Wildman–Crippen MR) is 75.7 cm³/mol. The van der Waals surface area contributed by atoms with Crippen LogP contribution in [0.3, 0.4) is 0 Å². The summed E-state index contributed by atoms with van der Waals surface area (Å²) in [4.78, 5) is 0. The van der Waals surface area contributed by atoms with Crippen molar-refractivity contribution in [1.29, 1.82) is 0 Å². The molecule has 0 fully saturated rings. The van der Waals surface area contributed by atoms with Crippen molar-refractivity contribution in [2.24, 2.45) is 0 Å². The molecule has 98 valence electrons. The molecule has 0 radical (unpaired) electrons. The zero-order valence-electron chi connectivity index (χ0n) is 12.6. The van der Waals surface area contributed by atoms with Crippen LogP contribution in [0.4, 0.5) is 0 Å². The second-order valence-electron chi connectivity index (χ2n) is 5.10. The van der Waals surface area contributed by atoms with Gasteiger partial charge in [-0.25, -0.2) is 0 Å². The van der Waals surface area contributed by atoms with Crippen LogP contribution in [0, 0.1) is 6.92 Å². The topological polar surface area (TPSA) is 0 Å². The summed E-state index contributed by atoms with van der Waals surface area (Å²) < 4.78 is 0. The summed E-state index contributed by atoms with van der Waals surface area (Å²) in [5.41, 5.74) is 0. The Morgan fingerprint density at radius 3 is 1.12 bits per heavy atom. The van der Waals surface area contributed by atoms with E-state index in [0.29, 0.717) is 0 Å². The Balaban J connectivity index is 0. The first-order valence-corrected chi connectivity index (χ1v) is 7.71. The number of unbranched alkanes of at least 4 members (excludes halogenated alkanes) is 13. The van der Waals surface area contributed by atoms with Gasteiger partial charge < -0.3 is 6.92 Å². The second kappa shape index (κ2) is 20.4. The van der Waals surface area contributed by atoms with E-state index in [1.807, 2.05) is 0 Å². The summed E-state index contributed by atoms with van der Waals surface area (Å²) in [7, 11) is 0. The Kier molecular flexibility index (Phi) is 25.6. The number of hydrogen-bond acceptors (Lipinski definition) is 0. The molecule has 0 spiro atoms. The zero-order valence-corrected chi connectivity index (χ0v) is 18.9. The van der Waals surface area contributed by atoms with Gasteiger partial charge in [-0.3, -0.25) is 0 Å². The van der Waals surface area contributed by atoms with Gasteiger partial charge in [0.25, 0.3) is 0 Å². The van der Waals surface area contributed by atoms with Gasteiger partial charge >= 0.3 is 68.9 Å². The molecule has 0 aliphatic rings. The molecule has 0 aromatic heterocycles. The minimum atomic E-state index is 0. The van der Waals surface area contributed by atoms with Crippen LogP contribution in [0.1, 0.15) is 96.8 Å². The summed E-state index contributed by atoms with van der Waals surface area (Å²) in [5, 5.41) is 0. The first-order chi connectivity index (χ1) is 7.91. The quantitative estimate of drug-likeness (QED) is 0.350. The molecule has 0 saturated heterocycles. The van der Waals surface area contributed by atoms with Crippen molar-refractivity contribution in [2.75, 3.05) is 0 Å². The van der Waals surface area contributed by atoms with Gasteiger partial charge in [0.05, 0.1) is 0 Å². The van der Waals surface area contributed by atoms with Gasteiger partial charge in [-0.1, -0.05) is 90.4 Å². The van der Waals surface area contributed by atoms with E-state index in [1.165, 1.54) is 83.5 Å². The van der Waals surface area contributed by atoms with E-state index in [2.05, 4.69) is 13.8 Å². The van der Waals surface area contributed by atoms with Crippen LogP contribution in [0.5, 0.6) is 0 Å². The molecule has 0 bridgehead atoms. The largest absolute Gasteiger partial charge is 1.00 e. The van der Waals surface area contributed by atoms with Gasteiger partial charge in [-0.2, -0.15) is 6.42 Å². The molecule has 17 heavy (non-hydrogen) atoms. The molecule has 0 aromatic carbocycles. The summed E-state index contributed by atoms with van der Waals surface area (Å²) in [6.45, 7) is 6.16. The molecular formula is C16H33Cs. The first kappa shape index (κ1) is 21.4. The summed E-state index contributed by atoms with van der Waals surface area (Å²) >= 11 is 0. The normalized spacial score (nSPS) is 10.2. The van der Waals surface area contributed by atoms with Crippen LogP contribution in [-0.4, -0.2) is 0 Å². The summed E-state index contributed by atoms with van der Waals surface area (Å²) in [6.07, 6.45) is 19.8. The third kappa shape index (κ3) is 20.5. The van der Waals surface area contributed by atoms with E-state index >= 15 is 0 Å². The van der Waals surface area contributed by atoms with E-state index in [1.54, 1.807) is 0 Å². The molecule has 0 unspecified atom stereocenters. The summed E-state index contributed by atoms with van der Waals surface area (Å²) in [5.74, 6) is 0. The fourth-order valence-electron chi connectivity index (χ4n) is 2.19. The molecule has 0 N–H and O–H groups in total. The van der Waals surface area contributed by atoms with E-state index in [0.717, 1.165) is 6.42 Å². The Bertz CT molecular complexity index is 98.1. The van der Waals surface area contributed by atoms with Crippen LogP contribution < -0.4 is 68.9 Å². The molecule has 0 atom stereocenters. The Morgan fingerprint density at radius 2 is 0.824 bits per heavy atom. The van der Waals surface area contributed by atoms with Gasteiger partial charge in [-0.15, -0.1) is 0 Å². The van der Waals surface area contributed by atoms with Crippen molar-refractivity contribution in [3.8, 4) is 0 Å². The fourth-order valence-corrected chi connectivity index (χ4v) is 2.19. The SMILES string of the molecule is [CH2-]CCCCCCCCCCCCCCC.[Cs+]. The maximum absolute atomic E-state index is 3.87. The predicted octanol–water partition coefficient (Wildman–Crippen LogP) is 3.31. The molecular weight excluding hydrogens is 325 g/mol. The smallest absolute Gasteiger partial charge is 0.343 e. The molecule has 0 rings (SSSR count). The second-order valence-corrected chi connectivity index (χ2v) is 5.10. The zero-order chi connectivity index (χ0) is 11.9. The van der Waals surface area contributed by atoms with Crippen molar-refractivity contribution < 1.29 is 68.9 Å². The van der Waals surface area contributed by atoms with E-state index < -0.39 is 0 Å². The molecule has 0 heterocycles. The van der Waals surface area contributed by atoms with E-state index in [-0.39, 0.29) is 68.9 Å². The average molecular weight is 358 g/mol. The Labute approximate surface area is 170 Å². The fraction of sp³-hybridized carbons (Fsp3) is 0.938. The van der Waals surface area contributed by atoms with Crippen molar-refractivity contribution in [3.05, 3.63) is 6.92 Å². The molecule has 0 aliphatic heterocycles.